The second kappa shape index (κ2) is 6.31. The Balaban J connectivity index is 1.88. The van der Waals surface area contributed by atoms with Crippen LogP contribution in [0.5, 0.6) is 0 Å². The molecule has 0 bridgehead atoms. The SMILES string of the molecule is CCCNc1cc(Cc2ccnc3ccccc23)ncn1. The summed E-state index contributed by atoms with van der Waals surface area (Å²) < 4.78 is 0. The highest BCUT2D eigenvalue weighted by Crippen LogP contribution is 2.19. The van der Waals surface area contributed by atoms with Gasteiger partial charge in [-0.05, 0) is 24.1 Å². The molecule has 2 heterocycles. The van der Waals surface area contributed by atoms with Gasteiger partial charge in [-0.3, -0.25) is 4.98 Å². The molecule has 0 fully saturated rings. The van der Waals surface area contributed by atoms with Gasteiger partial charge in [0.1, 0.15) is 12.1 Å². The summed E-state index contributed by atoms with van der Waals surface area (Å²) in [6, 6.07) is 12.3. The lowest BCUT2D eigenvalue weighted by Crippen LogP contribution is -2.04. The maximum absolute atomic E-state index is 4.40. The van der Waals surface area contributed by atoms with E-state index in [1.165, 1.54) is 10.9 Å². The molecule has 106 valence electrons. The third kappa shape index (κ3) is 3.16. The molecular formula is C17H18N4. The highest BCUT2D eigenvalue weighted by atomic mass is 15.0. The molecule has 3 aromatic rings. The lowest BCUT2D eigenvalue weighted by Gasteiger charge is -2.07. The number of rotatable bonds is 5. The summed E-state index contributed by atoms with van der Waals surface area (Å²) in [5.74, 6) is 0.889. The number of anilines is 1. The van der Waals surface area contributed by atoms with Gasteiger partial charge in [-0.15, -0.1) is 0 Å². The van der Waals surface area contributed by atoms with E-state index in [9.17, 15) is 0 Å². The summed E-state index contributed by atoms with van der Waals surface area (Å²) >= 11 is 0. The summed E-state index contributed by atoms with van der Waals surface area (Å²) in [5.41, 5.74) is 3.27. The van der Waals surface area contributed by atoms with Crippen molar-refractivity contribution in [3.8, 4) is 0 Å². The first-order valence-electron chi connectivity index (χ1n) is 7.24. The van der Waals surface area contributed by atoms with E-state index >= 15 is 0 Å². The molecule has 4 nitrogen and oxygen atoms in total. The molecule has 0 aliphatic rings. The fourth-order valence-corrected chi connectivity index (χ4v) is 2.35. The number of fused-ring (bicyclic) bond motifs is 1. The van der Waals surface area contributed by atoms with E-state index in [1.54, 1.807) is 6.33 Å². The van der Waals surface area contributed by atoms with Crippen molar-refractivity contribution in [3.63, 3.8) is 0 Å². The van der Waals surface area contributed by atoms with Crippen molar-refractivity contribution < 1.29 is 0 Å². The molecule has 0 saturated heterocycles. The van der Waals surface area contributed by atoms with Crippen LogP contribution in [0.4, 0.5) is 5.82 Å². The molecule has 1 aromatic carbocycles. The Labute approximate surface area is 124 Å². The van der Waals surface area contributed by atoms with Crippen molar-refractivity contribution in [1.29, 1.82) is 0 Å². The van der Waals surface area contributed by atoms with E-state index < -0.39 is 0 Å². The van der Waals surface area contributed by atoms with Gasteiger partial charge in [0, 0.05) is 30.6 Å². The van der Waals surface area contributed by atoms with E-state index in [-0.39, 0.29) is 0 Å². The quantitative estimate of drug-likeness (QED) is 0.776. The summed E-state index contributed by atoms with van der Waals surface area (Å²) in [7, 11) is 0. The maximum atomic E-state index is 4.40. The molecular weight excluding hydrogens is 260 g/mol. The van der Waals surface area contributed by atoms with Crippen LogP contribution in [0.1, 0.15) is 24.6 Å². The minimum Gasteiger partial charge on any atom is -0.370 e. The van der Waals surface area contributed by atoms with Crippen LogP contribution in [0.15, 0.2) is 48.9 Å². The van der Waals surface area contributed by atoms with Crippen molar-refractivity contribution in [1.82, 2.24) is 15.0 Å². The molecule has 0 saturated carbocycles. The van der Waals surface area contributed by atoms with Crippen LogP contribution in [-0.4, -0.2) is 21.5 Å². The summed E-state index contributed by atoms with van der Waals surface area (Å²) in [6.45, 7) is 3.06. The summed E-state index contributed by atoms with van der Waals surface area (Å²) in [4.78, 5) is 13.0. The zero-order valence-electron chi connectivity index (χ0n) is 12.1. The van der Waals surface area contributed by atoms with Crippen LogP contribution in [0.2, 0.25) is 0 Å². The Kier molecular flexibility index (Phi) is 4.05. The average molecular weight is 278 g/mol. The smallest absolute Gasteiger partial charge is 0.129 e. The number of nitrogens with zero attached hydrogens (tertiary/aromatic N) is 3. The number of para-hydroxylation sites is 1. The number of nitrogens with one attached hydrogen (secondary N) is 1. The van der Waals surface area contributed by atoms with Gasteiger partial charge in [0.15, 0.2) is 0 Å². The van der Waals surface area contributed by atoms with Crippen molar-refractivity contribution in [2.75, 3.05) is 11.9 Å². The third-order valence-electron chi connectivity index (χ3n) is 3.39. The summed E-state index contributed by atoms with van der Waals surface area (Å²) in [6.07, 6.45) is 5.34. The van der Waals surface area contributed by atoms with Crippen molar-refractivity contribution in [3.05, 3.63) is 60.2 Å². The molecule has 0 spiro atoms. The monoisotopic (exact) mass is 278 g/mol. The topological polar surface area (TPSA) is 50.7 Å². The van der Waals surface area contributed by atoms with Crippen LogP contribution >= 0.6 is 0 Å². The minimum atomic E-state index is 0.784. The number of hydrogen-bond donors (Lipinski definition) is 1. The van der Waals surface area contributed by atoms with Crippen molar-refractivity contribution in [2.24, 2.45) is 0 Å². The zero-order valence-corrected chi connectivity index (χ0v) is 12.1. The number of hydrogen-bond acceptors (Lipinski definition) is 4. The largest absolute Gasteiger partial charge is 0.370 e. The molecule has 0 aliphatic heterocycles. The fourth-order valence-electron chi connectivity index (χ4n) is 2.35. The van der Waals surface area contributed by atoms with Crippen LogP contribution in [0.25, 0.3) is 10.9 Å². The van der Waals surface area contributed by atoms with Gasteiger partial charge in [-0.1, -0.05) is 25.1 Å². The molecule has 3 rings (SSSR count). The second-order valence-corrected chi connectivity index (χ2v) is 4.99. The normalized spacial score (nSPS) is 10.7. The van der Waals surface area contributed by atoms with Gasteiger partial charge in [-0.2, -0.15) is 0 Å². The molecule has 4 heteroatoms. The van der Waals surface area contributed by atoms with Gasteiger partial charge in [0.25, 0.3) is 0 Å². The van der Waals surface area contributed by atoms with Crippen molar-refractivity contribution in [2.45, 2.75) is 19.8 Å². The third-order valence-corrected chi connectivity index (χ3v) is 3.39. The van der Waals surface area contributed by atoms with E-state index in [1.807, 2.05) is 30.5 Å². The highest BCUT2D eigenvalue weighted by molar-refractivity contribution is 5.82. The average Bonchev–Trinajstić information content (AvgIpc) is 2.54. The lowest BCUT2D eigenvalue weighted by molar-refractivity contribution is 0.954. The standard InChI is InChI=1S/C17H18N4/c1-2-8-19-17-11-14(20-12-21-17)10-13-7-9-18-16-6-4-3-5-15(13)16/h3-7,9,11-12H,2,8,10H2,1H3,(H,19,20,21). The predicted molar refractivity (Wildman–Crippen MR) is 85.4 cm³/mol. The Morgan fingerprint density at radius 3 is 2.86 bits per heavy atom. The second-order valence-electron chi connectivity index (χ2n) is 4.99. The van der Waals surface area contributed by atoms with Crippen molar-refractivity contribution >= 4 is 16.7 Å². The molecule has 0 unspecified atom stereocenters. The zero-order chi connectivity index (χ0) is 14.5. The molecule has 0 aliphatic carbocycles. The number of benzene rings is 1. The van der Waals surface area contributed by atoms with Crippen LogP contribution in [0.3, 0.4) is 0 Å². The Morgan fingerprint density at radius 2 is 1.95 bits per heavy atom. The number of aromatic nitrogens is 3. The molecule has 0 radical (unpaired) electrons. The first-order valence-corrected chi connectivity index (χ1v) is 7.24. The lowest BCUT2D eigenvalue weighted by atomic mass is 10.0. The first kappa shape index (κ1) is 13.5. The molecule has 0 atom stereocenters. The first-order chi connectivity index (χ1) is 10.4. The minimum absolute atomic E-state index is 0.784. The Morgan fingerprint density at radius 1 is 1.05 bits per heavy atom. The Hall–Kier alpha value is -2.49. The highest BCUT2D eigenvalue weighted by Gasteiger charge is 2.05. The van der Waals surface area contributed by atoms with Gasteiger partial charge in [0.05, 0.1) is 11.2 Å². The predicted octanol–water partition coefficient (Wildman–Crippen LogP) is 3.44. The van der Waals surface area contributed by atoms with E-state index in [0.29, 0.717) is 0 Å². The Bertz CT molecular complexity index is 734. The fraction of sp³-hybridized carbons (Fsp3) is 0.235. The van der Waals surface area contributed by atoms with E-state index in [0.717, 1.165) is 36.4 Å². The van der Waals surface area contributed by atoms with Gasteiger partial charge >= 0.3 is 0 Å². The van der Waals surface area contributed by atoms with Gasteiger partial charge < -0.3 is 5.32 Å². The van der Waals surface area contributed by atoms with E-state index in [4.69, 9.17) is 0 Å². The molecule has 2 aromatic heterocycles. The van der Waals surface area contributed by atoms with Crippen LogP contribution < -0.4 is 5.32 Å². The van der Waals surface area contributed by atoms with Crippen LogP contribution in [0, 0.1) is 0 Å². The van der Waals surface area contributed by atoms with Gasteiger partial charge in [-0.25, -0.2) is 9.97 Å². The maximum Gasteiger partial charge on any atom is 0.129 e. The number of pyridine rings is 1. The molecule has 0 amide bonds. The van der Waals surface area contributed by atoms with E-state index in [2.05, 4.69) is 39.3 Å². The molecule has 1 N–H and O–H groups in total. The summed E-state index contributed by atoms with van der Waals surface area (Å²) in [5, 5.41) is 4.48. The van der Waals surface area contributed by atoms with Gasteiger partial charge in [0.2, 0.25) is 0 Å². The van der Waals surface area contributed by atoms with Crippen LogP contribution in [-0.2, 0) is 6.42 Å². The molecule has 21 heavy (non-hydrogen) atoms.